The summed E-state index contributed by atoms with van der Waals surface area (Å²) in [5, 5.41) is 0. The molecule has 0 aliphatic carbocycles. The third-order valence-electron chi connectivity index (χ3n) is 0.588. The second kappa shape index (κ2) is 8.46. The van der Waals surface area contributed by atoms with Crippen LogP contribution in [0.4, 0.5) is 0 Å². The SMILES string of the molecule is NCCCCCl.O=P(O)(O)O. The van der Waals surface area contributed by atoms with Crippen LogP contribution in [0, 0.1) is 0 Å². The van der Waals surface area contributed by atoms with Crippen molar-refractivity contribution >= 4 is 19.4 Å². The van der Waals surface area contributed by atoms with Crippen LogP contribution in [0.1, 0.15) is 12.8 Å². The van der Waals surface area contributed by atoms with Gasteiger partial charge in [-0.05, 0) is 19.4 Å². The van der Waals surface area contributed by atoms with E-state index in [1.54, 1.807) is 0 Å². The smallest absolute Gasteiger partial charge is 0.330 e. The Morgan fingerprint density at radius 2 is 1.64 bits per heavy atom. The Kier molecular flexibility index (Phi) is 10.7. The number of phosphoric acid groups is 1. The molecule has 7 heteroatoms. The van der Waals surface area contributed by atoms with E-state index in [9.17, 15) is 0 Å². The minimum atomic E-state index is -4.64. The molecule has 5 nitrogen and oxygen atoms in total. The van der Waals surface area contributed by atoms with Crippen LogP contribution in [0.2, 0.25) is 0 Å². The molecule has 70 valence electrons. The fourth-order valence-corrected chi connectivity index (χ4v) is 0.428. The second-order valence-corrected chi connectivity index (χ2v) is 3.10. The van der Waals surface area contributed by atoms with E-state index in [0.717, 1.165) is 25.3 Å². The summed E-state index contributed by atoms with van der Waals surface area (Å²) in [6, 6.07) is 0. The average molecular weight is 206 g/mol. The highest BCUT2D eigenvalue weighted by molar-refractivity contribution is 7.45. The topological polar surface area (TPSA) is 104 Å². The normalized spacial score (nSPS) is 10.3. The van der Waals surface area contributed by atoms with Gasteiger partial charge in [-0.1, -0.05) is 0 Å². The molecule has 0 saturated heterocycles. The zero-order valence-electron chi connectivity index (χ0n) is 5.98. The summed E-state index contributed by atoms with van der Waals surface area (Å²) in [4.78, 5) is 21.6. The van der Waals surface area contributed by atoms with Gasteiger partial charge < -0.3 is 20.4 Å². The van der Waals surface area contributed by atoms with Gasteiger partial charge in [0.25, 0.3) is 0 Å². The van der Waals surface area contributed by atoms with Crippen LogP contribution in [0.3, 0.4) is 0 Å². The van der Waals surface area contributed by atoms with Gasteiger partial charge in [0.2, 0.25) is 0 Å². The van der Waals surface area contributed by atoms with Crippen molar-refractivity contribution in [2.45, 2.75) is 12.8 Å². The zero-order chi connectivity index (χ0) is 9.33. The highest BCUT2D eigenvalue weighted by Crippen LogP contribution is 2.25. The molecule has 0 atom stereocenters. The maximum atomic E-state index is 8.88. The lowest BCUT2D eigenvalue weighted by atomic mass is 10.3. The number of rotatable bonds is 3. The average Bonchev–Trinajstić information content (AvgIpc) is 1.79. The number of unbranched alkanes of at least 4 members (excludes halogenated alkanes) is 1. The molecule has 0 amide bonds. The molecule has 0 aliphatic rings. The fourth-order valence-electron chi connectivity index (χ4n) is 0.239. The summed E-state index contributed by atoms with van der Waals surface area (Å²) in [6.45, 7) is 0.771. The second-order valence-electron chi connectivity index (χ2n) is 1.70. The van der Waals surface area contributed by atoms with Crippen molar-refractivity contribution in [1.82, 2.24) is 0 Å². The Morgan fingerprint density at radius 3 is 1.73 bits per heavy atom. The number of hydrogen-bond acceptors (Lipinski definition) is 2. The highest BCUT2D eigenvalue weighted by atomic mass is 35.5. The number of hydrogen-bond donors (Lipinski definition) is 4. The first-order valence-corrected chi connectivity index (χ1v) is 5.06. The van der Waals surface area contributed by atoms with Crippen LogP contribution in [-0.2, 0) is 4.57 Å². The van der Waals surface area contributed by atoms with Crippen LogP contribution in [0.25, 0.3) is 0 Å². The summed E-state index contributed by atoms with van der Waals surface area (Å²) in [7, 11) is -4.64. The summed E-state index contributed by atoms with van der Waals surface area (Å²) in [6.07, 6.45) is 2.11. The molecule has 0 aromatic carbocycles. The van der Waals surface area contributed by atoms with Crippen molar-refractivity contribution in [2.75, 3.05) is 12.4 Å². The first kappa shape index (κ1) is 13.9. The molecule has 5 N–H and O–H groups in total. The third kappa shape index (κ3) is 64.1. The van der Waals surface area contributed by atoms with Gasteiger partial charge >= 0.3 is 7.82 Å². The monoisotopic (exact) mass is 205 g/mol. The Morgan fingerprint density at radius 1 is 1.27 bits per heavy atom. The maximum absolute atomic E-state index is 8.88. The van der Waals surface area contributed by atoms with Crippen LogP contribution >= 0.6 is 19.4 Å². The van der Waals surface area contributed by atoms with Crippen molar-refractivity contribution in [3.05, 3.63) is 0 Å². The van der Waals surface area contributed by atoms with Crippen LogP contribution in [0.5, 0.6) is 0 Å². The van der Waals surface area contributed by atoms with Gasteiger partial charge in [0.05, 0.1) is 0 Å². The van der Waals surface area contributed by atoms with Crippen LogP contribution < -0.4 is 5.73 Å². The molecule has 0 aliphatic heterocycles. The number of halogens is 1. The van der Waals surface area contributed by atoms with E-state index in [4.69, 9.17) is 36.6 Å². The first-order chi connectivity index (χ1) is 4.91. The van der Waals surface area contributed by atoms with Crippen molar-refractivity contribution in [3.8, 4) is 0 Å². The lowest BCUT2D eigenvalue weighted by Gasteiger charge is -1.85. The van der Waals surface area contributed by atoms with Crippen molar-refractivity contribution in [2.24, 2.45) is 5.73 Å². The van der Waals surface area contributed by atoms with Crippen molar-refractivity contribution in [1.29, 1.82) is 0 Å². The summed E-state index contributed by atoms with van der Waals surface area (Å²) in [5.74, 6) is 0.747. The van der Waals surface area contributed by atoms with Gasteiger partial charge in [-0.25, -0.2) is 4.57 Å². The number of alkyl halides is 1. The van der Waals surface area contributed by atoms with Gasteiger partial charge in [-0.2, -0.15) is 0 Å². The predicted octanol–water partition coefficient (Wildman–Crippen LogP) is 0.0355. The molecule has 0 spiro atoms. The molecular weight excluding hydrogens is 192 g/mol. The lowest BCUT2D eigenvalue weighted by Crippen LogP contribution is -1.97. The van der Waals surface area contributed by atoms with Crippen molar-refractivity contribution < 1.29 is 19.2 Å². The van der Waals surface area contributed by atoms with E-state index < -0.39 is 7.82 Å². The van der Waals surface area contributed by atoms with Gasteiger partial charge in [0.15, 0.2) is 0 Å². The van der Waals surface area contributed by atoms with Gasteiger partial charge in [0, 0.05) is 5.88 Å². The Labute approximate surface area is 70.4 Å². The summed E-state index contributed by atoms with van der Waals surface area (Å²) in [5.41, 5.74) is 5.16. The zero-order valence-corrected chi connectivity index (χ0v) is 7.63. The van der Waals surface area contributed by atoms with Gasteiger partial charge in [0.1, 0.15) is 0 Å². The predicted molar refractivity (Wildman–Crippen MR) is 43.3 cm³/mol. The Hall–Kier alpha value is 0.360. The van der Waals surface area contributed by atoms with Gasteiger partial charge in [-0.15, -0.1) is 11.6 Å². The summed E-state index contributed by atoms with van der Waals surface area (Å²) >= 11 is 5.32. The van der Waals surface area contributed by atoms with E-state index in [2.05, 4.69) is 0 Å². The fraction of sp³-hybridized carbons (Fsp3) is 1.00. The van der Waals surface area contributed by atoms with E-state index in [1.807, 2.05) is 0 Å². The quantitative estimate of drug-likeness (QED) is 0.296. The Balaban J connectivity index is 0. The molecule has 0 bridgehead atoms. The molecular formula is C4H13ClNO4P. The Bertz CT molecular complexity index is 104. The summed E-state index contributed by atoms with van der Waals surface area (Å²) < 4.78 is 8.88. The van der Waals surface area contributed by atoms with E-state index in [0.29, 0.717) is 0 Å². The minimum absolute atomic E-state index is 0.747. The first-order valence-electron chi connectivity index (χ1n) is 2.96. The maximum Gasteiger partial charge on any atom is 0.466 e. The van der Waals surface area contributed by atoms with Crippen LogP contribution in [-0.4, -0.2) is 27.1 Å². The molecule has 0 radical (unpaired) electrons. The molecule has 0 heterocycles. The molecule has 0 aromatic heterocycles. The molecule has 0 unspecified atom stereocenters. The minimum Gasteiger partial charge on any atom is -0.330 e. The van der Waals surface area contributed by atoms with E-state index >= 15 is 0 Å². The molecule has 11 heavy (non-hydrogen) atoms. The largest absolute Gasteiger partial charge is 0.466 e. The molecule has 0 aromatic rings. The molecule has 0 saturated carbocycles. The van der Waals surface area contributed by atoms with Crippen LogP contribution in [0.15, 0.2) is 0 Å². The van der Waals surface area contributed by atoms with Crippen molar-refractivity contribution in [3.63, 3.8) is 0 Å². The standard InChI is InChI=1S/C4H10ClN.H3O4P/c5-3-1-2-4-6;1-5(2,3)4/h1-4,6H2;(H3,1,2,3,4). The van der Waals surface area contributed by atoms with E-state index in [-0.39, 0.29) is 0 Å². The third-order valence-corrected chi connectivity index (χ3v) is 0.855. The van der Waals surface area contributed by atoms with E-state index in [1.165, 1.54) is 0 Å². The highest BCUT2D eigenvalue weighted by Gasteiger charge is 2.00. The molecule has 0 fully saturated rings. The van der Waals surface area contributed by atoms with Gasteiger partial charge in [-0.3, -0.25) is 0 Å². The lowest BCUT2D eigenvalue weighted by molar-refractivity contribution is 0.275. The number of nitrogens with two attached hydrogens (primary N) is 1. The molecule has 0 rings (SSSR count).